The molecule has 3 rings (SSSR count). The maximum atomic E-state index is 11.9. The van der Waals surface area contributed by atoms with Gasteiger partial charge in [-0.15, -0.1) is 0 Å². The molecule has 1 saturated heterocycles. The number of ketones is 1. The third-order valence-electron chi connectivity index (χ3n) is 3.19. The summed E-state index contributed by atoms with van der Waals surface area (Å²) in [6.45, 7) is 1.47. The normalized spacial score (nSPS) is 34.2. The highest BCUT2D eigenvalue weighted by Gasteiger charge is 2.58. The number of hydrogen-bond donors (Lipinski definition) is 0. The number of aryl methyl sites for hydroxylation is 1. The van der Waals surface area contributed by atoms with Crippen molar-refractivity contribution >= 4 is 5.78 Å². The first-order chi connectivity index (χ1) is 6.79. The Morgan fingerprint density at radius 1 is 1.57 bits per heavy atom. The molecule has 0 radical (unpaired) electrons. The zero-order valence-electron chi connectivity index (χ0n) is 7.88. The van der Waals surface area contributed by atoms with Gasteiger partial charge in [0.2, 0.25) is 5.78 Å². The van der Waals surface area contributed by atoms with Gasteiger partial charge in [-0.05, 0) is 11.8 Å². The highest BCUT2D eigenvalue weighted by atomic mass is 16.5. The topological polar surface area (TPSA) is 57.0 Å². The molecule has 2 atom stereocenters. The van der Waals surface area contributed by atoms with Gasteiger partial charge in [0.25, 0.3) is 0 Å². The van der Waals surface area contributed by atoms with Gasteiger partial charge in [-0.1, -0.05) is 0 Å². The number of Topliss-reactive ketones (excluding diaryl/α,β-unsaturated/α-hetero) is 1. The van der Waals surface area contributed by atoms with Gasteiger partial charge in [0.05, 0.1) is 13.2 Å². The van der Waals surface area contributed by atoms with Crippen molar-refractivity contribution in [2.45, 2.75) is 0 Å². The maximum absolute atomic E-state index is 11.9. The molecule has 5 nitrogen and oxygen atoms in total. The fourth-order valence-electron chi connectivity index (χ4n) is 2.30. The predicted octanol–water partition coefficient (Wildman–Crippen LogP) is -0.110. The van der Waals surface area contributed by atoms with E-state index in [0.717, 1.165) is 13.2 Å². The lowest BCUT2D eigenvalue weighted by molar-refractivity contribution is 0.0879. The highest BCUT2D eigenvalue weighted by molar-refractivity contribution is 5.97. The Hall–Kier alpha value is -1.23. The monoisotopic (exact) mass is 193 g/mol. The van der Waals surface area contributed by atoms with Crippen molar-refractivity contribution in [2.24, 2.45) is 24.8 Å². The van der Waals surface area contributed by atoms with E-state index in [0.29, 0.717) is 17.7 Å². The van der Waals surface area contributed by atoms with Crippen molar-refractivity contribution in [3.8, 4) is 0 Å². The van der Waals surface area contributed by atoms with Crippen LogP contribution in [0.3, 0.4) is 0 Å². The second-order valence-electron chi connectivity index (χ2n) is 3.96. The number of rotatable bonds is 2. The van der Waals surface area contributed by atoms with Crippen LogP contribution >= 0.6 is 0 Å². The van der Waals surface area contributed by atoms with E-state index >= 15 is 0 Å². The van der Waals surface area contributed by atoms with Crippen LogP contribution in [0, 0.1) is 17.8 Å². The SMILES string of the molecule is Cn1ncnc1C(=O)C1C2COCC21. The summed E-state index contributed by atoms with van der Waals surface area (Å²) < 4.78 is 6.78. The van der Waals surface area contributed by atoms with Gasteiger partial charge >= 0.3 is 0 Å². The molecule has 1 aliphatic heterocycles. The van der Waals surface area contributed by atoms with Crippen LogP contribution in [0.15, 0.2) is 6.33 Å². The quantitative estimate of drug-likeness (QED) is 0.615. The standard InChI is InChI=1S/C9H11N3O2/c1-12-9(10-4-11-12)8(13)7-5-2-14-3-6(5)7/h4-7H,2-3H2,1H3. The first kappa shape index (κ1) is 8.11. The molecule has 1 saturated carbocycles. The van der Waals surface area contributed by atoms with Crippen molar-refractivity contribution < 1.29 is 9.53 Å². The van der Waals surface area contributed by atoms with Crippen LogP contribution < -0.4 is 0 Å². The zero-order valence-corrected chi connectivity index (χ0v) is 7.88. The Balaban J connectivity index is 1.82. The van der Waals surface area contributed by atoms with Crippen LogP contribution in [0.5, 0.6) is 0 Å². The molecule has 2 fully saturated rings. The molecule has 0 aromatic carbocycles. The van der Waals surface area contributed by atoms with Crippen LogP contribution in [0.4, 0.5) is 0 Å². The van der Waals surface area contributed by atoms with Crippen molar-refractivity contribution in [2.75, 3.05) is 13.2 Å². The van der Waals surface area contributed by atoms with E-state index in [1.807, 2.05) is 0 Å². The fourth-order valence-corrected chi connectivity index (χ4v) is 2.30. The second-order valence-corrected chi connectivity index (χ2v) is 3.96. The summed E-state index contributed by atoms with van der Waals surface area (Å²) >= 11 is 0. The van der Waals surface area contributed by atoms with Crippen LogP contribution in [0.2, 0.25) is 0 Å². The van der Waals surface area contributed by atoms with Crippen LogP contribution in [-0.2, 0) is 11.8 Å². The molecular weight excluding hydrogens is 182 g/mol. The maximum Gasteiger partial charge on any atom is 0.203 e. The molecule has 1 aromatic heterocycles. The number of hydrogen-bond acceptors (Lipinski definition) is 4. The summed E-state index contributed by atoms with van der Waals surface area (Å²) in [7, 11) is 1.74. The van der Waals surface area contributed by atoms with Gasteiger partial charge < -0.3 is 4.74 Å². The smallest absolute Gasteiger partial charge is 0.203 e. The minimum atomic E-state index is 0.128. The molecule has 0 bridgehead atoms. The molecule has 1 aromatic rings. The van der Waals surface area contributed by atoms with Crippen molar-refractivity contribution in [1.82, 2.24) is 14.8 Å². The first-order valence-electron chi connectivity index (χ1n) is 4.75. The third-order valence-corrected chi connectivity index (χ3v) is 3.19. The number of ether oxygens (including phenoxy) is 1. The number of aromatic nitrogens is 3. The van der Waals surface area contributed by atoms with Gasteiger partial charge in [0.15, 0.2) is 5.82 Å². The van der Waals surface area contributed by atoms with Crippen LogP contribution in [0.25, 0.3) is 0 Å². The molecule has 14 heavy (non-hydrogen) atoms. The van der Waals surface area contributed by atoms with E-state index in [9.17, 15) is 4.79 Å². The van der Waals surface area contributed by atoms with Gasteiger partial charge in [0, 0.05) is 13.0 Å². The van der Waals surface area contributed by atoms with E-state index in [4.69, 9.17) is 4.74 Å². The summed E-state index contributed by atoms with van der Waals surface area (Å²) in [5.41, 5.74) is 0. The van der Waals surface area contributed by atoms with Crippen molar-refractivity contribution in [3.63, 3.8) is 0 Å². The second kappa shape index (κ2) is 2.63. The lowest BCUT2D eigenvalue weighted by atomic mass is 10.2. The Labute approximate surface area is 81.1 Å². The van der Waals surface area contributed by atoms with E-state index in [1.165, 1.54) is 11.0 Å². The minimum absolute atomic E-state index is 0.128. The van der Waals surface area contributed by atoms with E-state index in [1.54, 1.807) is 7.05 Å². The first-order valence-corrected chi connectivity index (χ1v) is 4.75. The lowest BCUT2D eigenvalue weighted by Gasteiger charge is -2.02. The van der Waals surface area contributed by atoms with Crippen molar-refractivity contribution in [3.05, 3.63) is 12.2 Å². The number of carbonyl (C=O) groups is 1. The summed E-state index contributed by atoms with van der Waals surface area (Å²) in [4.78, 5) is 15.9. The van der Waals surface area contributed by atoms with Crippen LogP contribution in [0.1, 0.15) is 10.6 Å². The molecule has 5 heteroatoms. The molecule has 1 aliphatic carbocycles. The molecule has 2 heterocycles. The average molecular weight is 193 g/mol. The van der Waals surface area contributed by atoms with E-state index < -0.39 is 0 Å². The van der Waals surface area contributed by atoms with Gasteiger partial charge in [0.1, 0.15) is 6.33 Å². The molecule has 0 amide bonds. The third kappa shape index (κ3) is 0.957. The number of fused-ring (bicyclic) bond motifs is 1. The summed E-state index contributed by atoms with van der Waals surface area (Å²) in [5, 5.41) is 3.90. The van der Waals surface area contributed by atoms with E-state index in [-0.39, 0.29) is 11.7 Å². The Bertz CT molecular complexity index is 377. The molecular formula is C9H11N3O2. The molecule has 2 unspecified atom stereocenters. The Morgan fingerprint density at radius 2 is 2.29 bits per heavy atom. The van der Waals surface area contributed by atoms with E-state index in [2.05, 4.69) is 10.1 Å². The zero-order chi connectivity index (χ0) is 9.71. The minimum Gasteiger partial charge on any atom is -0.381 e. The predicted molar refractivity (Wildman–Crippen MR) is 46.6 cm³/mol. The highest BCUT2D eigenvalue weighted by Crippen LogP contribution is 2.51. The van der Waals surface area contributed by atoms with Gasteiger partial charge in [-0.25, -0.2) is 9.67 Å². The van der Waals surface area contributed by atoms with Gasteiger partial charge in [-0.3, -0.25) is 4.79 Å². The summed E-state index contributed by atoms with van der Waals surface area (Å²) in [6, 6.07) is 0. The van der Waals surface area contributed by atoms with Gasteiger partial charge in [-0.2, -0.15) is 5.10 Å². The number of carbonyl (C=O) groups excluding carboxylic acids is 1. The fraction of sp³-hybridized carbons (Fsp3) is 0.667. The molecule has 2 aliphatic rings. The van der Waals surface area contributed by atoms with Crippen LogP contribution in [-0.4, -0.2) is 33.8 Å². The summed E-state index contributed by atoms with van der Waals surface area (Å²) in [5.74, 6) is 1.64. The summed E-state index contributed by atoms with van der Waals surface area (Å²) in [6.07, 6.45) is 1.42. The number of nitrogens with zero attached hydrogens (tertiary/aromatic N) is 3. The molecule has 0 N–H and O–H groups in total. The Kier molecular flexibility index (Phi) is 1.53. The lowest BCUT2D eigenvalue weighted by Crippen LogP contribution is -2.15. The average Bonchev–Trinajstić information content (AvgIpc) is 2.57. The van der Waals surface area contributed by atoms with Crippen molar-refractivity contribution in [1.29, 1.82) is 0 Å². The molecule has 74 valence electrons. The molecule has 0 spiro atoms. The Morgan fingerprint density at radius 3 is 2.86 bits per heavy atom. The largest absolute Gasteiger partial charge is 0.381 e.